The Morgan fingerprint density at radius 1 is 0.626 bits per heavy atom. The summed E-state index contributed by atoms with van der Waals surface area (Å²) in [6.07, 6.45) is 5.26. The summed E-state index contributed by atoms with van der Waals surface area (Å²) in [6.45, 7) is 38.7. The van der Waals surface area contributed by atoms with E-state index in [0.29, 0.717) is 61.5 Å². The molecule has 1 saturated heterocycles. The van der Waals surface area contributed by atoms with Crippen molar-refractivity contribution >= 4 is 64.2 Å². The van der Waals surface area contributed by atoms with Gasteiger partial charge in [-0.15, -0.1) is 0 Å². The zero-order valence-electron chi connectivity index (χ0n) is 55.7. The Balaban J connectivity index is 0.000000697. The SMILES string of the molecule is C=C(C)C(=O)OCCOC.C=C(C)C(=O)OCCOCCOC.C=Cc1ccc(CN2CCCN(CC(C)O)CCN(Cc3ccc(C=C)cc3)CCCN(CC(C)O)CC2)cc1.COCCOC(=O)C(C)(CC(C)(C#N)CCC(=O)O)SC(=S)c1ccccc1. The minimum absolute atomic E-state index is 0.0853. The molecule has 1 aliphatic heterocycles. The van der Waals surface area contributed by atoms with E-state index in [2.05, 4.69) is 110 Å². The van der Waals surface area contributed by atoms with Crippen molar-refractivity contribution in [1.82, 2.24) is 19.6 Å². The molecule has 1 heterocycles. The van der Waals surface area contributed by atoms with Gasteiger partial charge in [0.2, 0.25) is 0 Å². The number of aliphatic hydroxyl groups excluding tert-OH is 2. The number of nitriles is 1. The number of thioether (sulfide) groups is 1. The maximum atomic E-state index is 12.9. The molecule has 3 aromatic carbocycles. The van der Waals surface area contributed by atoms with Crippen LogP contribution in [0.25, 0.3) is 12.2 Å². The first-order chi connectivity index (χ1) is 43.4. The first-order valence-electron chi connectivity index (χ1n) is 30.8. The fourth-order valence-corrected chi connectivity index (χ4v) is 11.0. The van der Waals surface area contributed by atoms with Gasteiger partial charge in [-0.1, -0.05) is 141 Å². The highest BCUT2D eigenvalue weighted by Crippen LogP contribution is 2.42. The number of carboxylic acid groups (broad SMARTS) is 1. The first kappa shape index (κ1) is 83.0. The summed E-state index contributed by atoms with van der Waals surface area (Å²) in [6, 6.07) is 28.8. The molecule has 19 nitrogen and oxygen atoms in total. The topological polar surface area (TPSA) is 230 Å². The molecule has 1 aliphatic rings. The summed E-state index contributed by atoms with van der Waals surface area (Å²) in [5.41, 5.74) is 5.49. The summed E-state index contributed by atoms with van der Waals surface area (Å²) in [5.74, 6) is -2.24. The third-order valence-electron chi connectivity index (χ3n) is 13.9. The van der Waals surface area contributed by atoms with Crippen molar-refractivity contribution in [2.45, 2.75) is 104 Å². The zero-order chi connectivity index (χ0) is 68.0. The first-order valence-corrected chi connectivity index (χ1v) is 32.1. The average molecular weight is 1300 g/mol. The van der Waals surface area contributed by atoms with Gasteiger partial charge < -0.3 is 48.5 Å². The van der Waals surface area contributed by atoms with E-state index >= 15 is 0 Å². The Hall–Kier alpha value is -5.97. The molecule has 4 unspecified atom stereocenters. The number of carboxylic acids is 1. The van der Waals surface area contributed by atoms with Crippen molar-refractivity contribution in [1.29, 1.82) is 5.26 Å². The molecule has 91 heavy (non-hydrogen) atoms. The number of hydrogen-bond acceptors (Lipinski definition) is 20. The van der Waals surface area contributed by atoms with Gasteiger partial charge in [0.1, 0.15) is 24.6 Å². The van der Waals surface area contributed by atoms with E-state index in [9.17, 15) is 34.7 Å². The van der Waals surface area contributed by atoms with Crippen LogP contribution in [0.15, 0.2) is 116 Å². The van der Waals surface area contributed by atoms with E-state index in [4.69, 9.17) is 41.0 Å². The Morgan fingerprint density at radius 2 is 1.02 bits per heavy atom. The molecular formula is C70H105N5O14S2. The van der Waals surface area contributed by atoms with E-state index in [1.165, 1.54) is 18.2 Å². The fourth-order valence-electron chi connectivity index (χ4n) is 9.08. The molecule has 4 atom stereocenters. The van der Waals surface area contributed by atoms with E-state index < -0.39 is 22.1 Å². The molecule has 0 aromatic heterocycles. The van der Waals surface area contributed by atoms with Crippen LogP contribution in [0.2, 0.25) is 0 Å². The molecule has 1 fully saturated rings. The third kappa shape index (κ3) is 39.2. The molecule has 4 rings (SSSR count). The maximum absolute atomic E-state index is 12.9. The van der Waals surface area contributed by atoms with Crippen LogP contribution in [0.3, 0.4) is 0 Å². The Morgan fingerprint density at radius 3 is 1.42 bits per heavy atom. The number of rotatable bonds is 32. The summed E-state index contributed by atoms with van der Waals surface area (Å²) in [5, 5.41) is 39.0. The van der Waals surface area contributed by atoms with Crippen LogP contribution in [-0.4, -0.2) is 220 Å². The van der Waals surface area contributed by atoms with Gasteiger partial charge in [-0.3, -0.25) is 29.2 Å². The second kappa shape index (κ2) is 48.7. The quantitative estimate of drug-likeness (QED) is 0.0174. The molecular weight excluding hydrogens is 1200 g/mol. The summed E-state index contributed by atoms with van der Waals surface area (Å²) >= 11 is 6.67. The number of β-amino-alcohol motifs (C(OH)–C–C–N with tert-alkyl or cyclic N) is 2. The van der Waals surface area contributed by atoms with Gasteiger partial charge in [0.05, 0.1) is 60.9 Å². The van der Waals surface area contributed by atoms with Gasteiger partial charge in [-0.05, 0) is 121 Å². The van der Waals surface area contributed by atoms with Gasteiger partial charge in [-0.25, -0.2) is 9.59 Å². The van der Waals surface area contributed by atoms with Crippen LogP contribution in [0, 0.1) is 16.7 Å². The smallest absolute Gasteiger partial charge is 0.333 e. The lowest BCUT2D eigenvalue weighted by Crippen LogP contribution is -2.43. The standard InChI is InChI=1S/C34H52N4O2.C20H25NO5S2.C9H16O4.C7H12O3/c1-5-31-9-13-33(14-10-31)27-37-19-7-17-36(26-30(4)40)22-24-38(28-34-15-11-32(6-2)12-16-34)20-8-18-35(21-23-37)25-29(3)39;1-19(14-21,10-9-16(22)23)13-20(2,18(24)26-12-11-25-3)28-17(27)15-7-5-4-6-8-15;1-8(2)9(10)13-7-6-12-5-4-11-3;1-6(2)7(8)10-5-4-9-3/h5-6,9-16,29-30,39-40H,1-2,7-8,17-28H2,3-4H3;4-8H,9-13H2,1-3H3,(H,22,23);1,4-7H2,2-3H3;1,4-5H2,2-3H3. The second-order valence-electron chi connectivity index (χ2n) is 22.7. The van der Waals surface area contributed by atoms with E-state index in [1.54, 1.807) is 41.9 Å². The molecule has 0 bridgehead atoms. The second-order valence-corrected chi connectivity index (χ2v) is 24.9. The number of aliphatic hydroxyl groups is 2. The number of benzene rings is 3. The minimum atomic E-state index is -1.15. The van der Waals surface area contributed by atoms with Crippen LogP contribution in [-0.2, 0) is 65.4 Å². The highest BCUT2D eigenvalue weighted by Gasteiger charge is 2.44. The normalized spacial score (nSPS) is 15.5. The van der Waals surface area contributed by atoms with Crippen molar-refractivity contribution < 1.29 is 67.7 Å². The van der Waals surface area contributed by atoms with Crippen molar-refractivity contribution in [3.8, 4) is 6.07 Å². The minimum Gasteiger partial charge on any atom is -0.481 e. The van der Waals surface area contributed by atoms with Crippen LogP contribution >= 0.6 is 24.0 Å². The summed E-state index contributed by atoms with van der Waals surface area (Å²) in [4.78, 5) is 55.2. The molecule has 3 N–H and O–H groups in total. The predicted molar refractivity (Wildman–Crippen MR) is 367 cm³/mol. The molecule has 0 spiro atoms. The number of esters is 3. The number of ether oxygens (including phenoxy) is 7. The van der Waals surface area contributed by atoms with Crippen LogP contribution in [0.4, 0.5) is 0 Å². The molecule has 0 aliphatic carbocycles. The highest BCUT2D eigenvalue weighted by molar-refractivity contribution is 8.25. The lowest BCUT2D eigenvalue weighted by atomic mass is 9.78. The van der Waals surface area contributed by atoms with E-state index in [0.717, 1.165) is 107 Å². The predicted octanol–water partition coefficient (Wildman–Crippen LogP) is 9.79. The number of methoxy groups -OCH3 is 3. The van der Waals surface area contributed by atoms with Crippen molar-refractivity contribution in [2.75, 3.05) is 140 Å². The summed E-state index contributed by atoms with van der Waals surface area (Å²) in [7, 11) is 4.66. The van der Waals surface area contributed by atoms with Gasteiger partial charge in [0, 0.05) is 91.3 Å². The lowest BCUT2D eigenvalue weighted by molar-refractivity contribution is -0.148. The number of nitrogens with zero attached hydrogens (tertiary/aromatic N) is 5. The third-order valence-corrected chi connectivity index (χ3v) is 15.6. The van der Waals surface area contributed by atoms with E-state index in [1.807, 2.05) is 56.3 Å². The van der Waals surface area contributed by atoms with Gasteiger partial charge in [0.15, 0.2) is 0 Å². The fraction of sp³-hybridized carbons (Fsp3) is 0.543. The Bertz CT molecular complexity index is 2560. The van der Waals surface area contributed by atoms with Gasteiger partial charge in [-0.2, -0.15) is 5.26 Å². The Labute approximate surface area is 553 Å². The van der Waals surface area contributed by atoms with Crippen LogP contribution < -0.4 is 0 Å². The van der Waals surface area contributed by atoms with Gasteiger partial charge in [0.25, 0.3) is 0 Å². The number of carbonyl (C=O) groups is 4. The number of aliphatic carboxylic acids is 1. The number of thiocarbonyl (C=S) groups is 1. The van der Waals surface area contributed by atoms with Crippen molar-refractivity contribution in [3.05, 3.63) is 144 Å². The zero-order valence-corrected chi connectivity index (χ0v) is 57.3. The molecule has 0 amide bonds. The van der Waals surface area contributed by atoms with Crippen LogP contribution in [0.5, 0.6) is 0 Å². The average Bonchev–Trinajstić information content (AvgIpc) is 1.02. The van der Waals surface area contributed by atoms with Crippen LogP contribution in [0.1, 0.15) is 101 Å². The highest BCUT2D eigenvalue weighted by atomic mass is 32.2. The molecule has 21 heteroatoms. The van der Waals surface area contributed by atoms with Gasteiger partial charge >= 0.3 is 23.9 Å². The van der Waals surface area contributed by atoms with Crippen molar-refractivity contribution in [3.63, 3.8) is 0 Å². The Kier molecular flexibility index (Phi) is 44.5. The molecule has 0 radical (unpaired) electrons. The number of carbonyl (C=O) groups excluding carboxylic acids is 3. The molecule has 3 aromatic rings. The molecule has 0 saturated carbocycles. The summed E-state index contributed by atoms with van der Waals surface area (Å²) < 4.78 is 33.6. The largest absolute Gasteiger partial charge is 0.481 e. The maximum Gasteiger partial charge on any atom is 0.333 e. The van der Waals surface area contributed by atoms with E-state index in [-0.39, 0.29) is 63.2 Å². The monoisotopic (exact) mass is 1300 g/mol. The lowest BCUT2D eigenvalue weighted by Gasteiger charge is -2.33. The number of hydrogen-bond donors (Lipinski definition) is 3. The molecule has 506 valence electrons. The van der Waals surface area contributed by atoms with Crippen molar-refractivity contribution in [2.24, 2.45) is 5.41 Å².